The third kappa shape index (κ3) is 4.49. The molecule has 0 radical (unpaired) electrons. The van der Waals surface area contributed by atoms with E-state index in [1.54, 1.807) is 48.4 Å². The highest BCUT2D eigenvalue weighted by Crippen LogP contribution is 2.38. The first kappa shape index (κ1) is 26.3. The van der Waals surface area contributed by atoms with Crippen molar-refractivity contribution in [1.29, 1.82) is 0 Å². The number of piperazine rings is 1. The molecule has 12 heteroatoms. The zero-order chi connectivity index (χ0) is 28.4. The molecule has 1 amide bonds. The number of carbonyl (C=O) groups is 1. The molecule has 1 aromatic carbocycles. The van der Waals surface area contributed by atoms with Gasteiger partial charge in [-0.05, 0) is 58.7 Å². The maximum absolute atomic E-state index is 14.1. The average molecular weight is 564 g/mol. The van der Waals surface area contributed by atoms with E-state index in [9.17, 15) is 13.2 Å². The summed E-state index contributed by atoms with van der Waals surface area (Å²) in [6, 6.07) is 8.57. The summed E-state index contributed by atoms with van der Waals surface area (Å²) in [5.41, 5.74) is 1.80. The minimum atomic E-state index is -4.00. The molecule has 3 aromatic heterocycles. The van der Waals surface area contributed by atoms with Crippen LogP contribution in [0.1, 0.15) is 39.2 Å². The Kier molecular flexibility index (Phi) is 6.13. The number of aromatic nitrogens is 5. The summed E-state index contributed by atoms with van der Waals surface area (Å²) < 4.78 is 36.7. The van der Waals surface area contributed by atoms with Crippen molar-refractivity contribution in [3.63, 3.8) is 0 Å². The molecule has 6 rings (SSSR count). The van der Waals surface area contributed by atoms with Crippen LogP contribution in [0.25, 0.3) is 22.3 Å². The molecule has 0 N–H and O–H groups in total. The SMILES string of the molecule is Cc1ccc(S(=O)(=O)n2c(-c3cnn(C)c3)cc3c(N4CC5CCC(C4)N5C(=O)OC(C)(C)C)ncnc32)cc1. The van der Waals surface area contributed by atoms with E-state index in [2.05, 4.69) is 20.0 Å². The van der Waals surface area contributed by atoms with Crippen molar-refractivity contribution < 1.29 is 17.9 Å². The normalized spacial score (nSPS) is 19.4. The van der Waals surface area contributed by atoms with Crippen LogP contribution in [0.5, 0.6) is 0 Å². The summed E-state index contributed by atoms with van der Waals surface area (Å²) in [5.74, 6) is 0.647. The topological polar surface area (TPSA) is 115 Å². The number of carbonyl (C=O) groups excluding carboxylic acids is 1. The number of aryl methyl sites for hydroxylation is 2. The number of hydrogen-bond donors (Lipinski definition) is 0. The van der Waals surface area contributed by atoms with Gasteiger partial charge in [-0.1, -0.05) is 17.7 Å². The molecule has 40 heavy (non-hydrogen) atoms. The first-order valence-electron chi connectivity index (χ1n) is 13.4. The van der Waals surface area contributed by atoms with Gasteiger partial charge >= 0.3 is 6.09 Å². The molecule has 2 unspecified atom stereocenters. The van der Waals surface area contributed by atoms with Crippen LogP contribution in [0.3, 0.4) is 0 Å². The summed E-state index contributed by atoms with van der Waals surface area (Å²) in [4.78, 5) is 26.3. The van der Waals surface area contributed by atoms with Crippen LogP contribution in [0.2, 0.25) is 0 Å². The number of benzene rings is 1. The molecule has 2 atom stereocenters. The second-order valence-electron chi connectivity index (χ2n) is 11.6. The van der Waals surface area contributed by atoms with Gasteiger partial charge in [-0.3, -0.25) is 9.58 Å². The van der Waals surface area contributed by atoms with E-state index in [0.717, 1.165) is 18.4 Å². The molecule has 0 aliphatic carbocycles. The van der Waals surface area contributed by atoms with Crippen molar-refractivity contribution in [3.8, 4) is 11.3 Å². The molecule has 2 fully saturated rings. The van der Waals surface area contributed by atoms with Crippen molar-refractivity contribution in [2.75, 3.05) is 18.0 Å². The van der Waals surface area contributed by atoms with Crippen LogP contribution in [-0.4, -0.2) is 73.9 Å². The summed E-state index contributed by atoms with van der Waals surface area (Å²) >= 11 is 0. The lowest BCUT2D eigenvalue weighted by Crippen LogP contribution is -2.57. The molecule has 2 aliphatic heterocycles. The van der Waals surface area contributed by atoms with Gasteiger partial charge in [0.1, 0.15) is 17.7 Å². The number of rotatable bonds is 4. The van der Waals surface area contributed by atoms with Crippen LogP contribution >= 0.6 is 0 Å². The van der Waals surface area contributed by atoms with E-state index < -0.39 is 15.6 Å². The zero-order valence-corrected chi connectivity index (χ0v) is 24.1. The molecule has 2 saturated heterocycles. The Labute approximate surface area is 233 Å². The third-order valence-corrected chi connectivity index (χ3v) is 9.20. The average Bonchev–Trinajstić information content (AvgIpc) is 3.56. The summed E-state index contributed by atoms with van der Waals surface area (Å²) in [6.07, 6.45) is 6.29. The van der Waals surface area contributed by atoms with Gasteiger partial charge < -0.3 is 9.64 Å². The summed E-state index contributed by atoms with van der Waals surface area (Å²) in [6.45, 7) is 8.67. The molecule has 5 heterocycles. The van der Waals surface area contributed by atoms with Gasteiger partial charge in [-0.15, -0.1) is 0 Å². The maximum Gasteiger partial charge on any atom is 0.410 e. The predicted octanol–water partition coefficient (Wildman–Crippen LogP) is 3.97. The number of hydrogen-bond acceptors (Lipinski definition) is 8. The predicted molar refractivity (Wildman–Crippen MR) is 151 cm³/mol. The molecule has 0 spiro atoms. The van der Waals surface area contributed by atoms with E-state index in [4.69, 9.17) is 4.74 Å². The van der Waals surface area contributed by atoms with Crippen molar-refractivity contribution in [2.24, 2.45) is 7.05 Å². The Hall–Kier alpha value is -3.93. The Morgan fingerprint density at radius 1 is 1.05 bits per heavy atom. The highest BCUT2D eigenvalue weighted by Gasteiger charge is 2.45. The van der Waals surface area contributed by atoms with E-state index in [1.165, 1.54) is 10.3 Å². The summed E-state index contributed by atoms with van der Waals surface area (Å²) in [5, 5.41) is 4.90. The van der Waals surface area contributed by atoms with Gasteiger partial charge in [0.05, 0.1) is 34.3 Å². The van der Waals surface area contributed by atoms with Gasteiger partial charge in [0.25, 0.3) is 10.0 Å². The number of nitrogens with zero attached hydrogens (tertiary/aromatic N) is 7. The first-order chi connectivity index (χ1) is 18.9. The molecular formula is C28H33N7O4S. The number of ether oxygens (including phenoxy) is 1. The minimum Gasteiger partial charge on any atom is -0.444 e. The third-order valence-electron chi connectivity index (χ3n) is 7.48. The van der Waals surface area contributed by atoms with Gasteiger partial charge in [-0.25, -0.2) is 27.2 Å². The highest BCUT2D eigenvalue weighted by atomic mass is 32.2. The fourth-order valence-electron chi connectivity index (χ4n) is 5.73. The van der Waals surface area contributed by atoms with E-state index in [0.29, 0.717) is 41.2 Å². The fraction of sp³-hybridized carbons (Fsp3) is 0.429. The van der Waals surface area contributed by atoms with E-state index >= 15 is 0 Å². The second-order valence-corrected chi connectivity index (χ2v) is 13.4. The van der Waals surface area contributed by atoms with Crippen molar-refractivity contribution in [1.82, 2.24) is 28.6 Å². The fourth-order valence-corrected chi connectivity index (χ4v) is 7.21. The largest absolute Gasteiger partial charge is 0.444 e. The molecular weight excluding hydrogens is 530 g/mol. The second kappa shape index (κ2) is 9.33. The van der Waals surface area contributed by atoms with Gasteiger partial charge in [-0.2, -0.15) is 5.10 Å². The molecule has 2 aliphatic rings. The summed E-state index contributed by atoms with van der Waals surface area (Å²) in [7, 11) is -2.21. The van der Waals surface area contributed by atoms with E-state index in [1.807, 2.05) is 38.7 Å². The lowest BCUT2D eigenvalue weighted by atomic mass is 10.1. The van der Waals surface area contributed by atoms with Gasteiger partial charge in [0.2, 0.25) is 0 Å². The van der Waals surface area contributed by atoms with Crippen LogP contribution in [0, 0.1) is 6.92 Å². The van der Waals surface area contributed by atoms with Crippen LogP contribution in [-0.2, 0) is 21.8 Å². The lowest BCUT2D eigenvalue weighted by Gasteiger charge is -2.41. The van der Waals surface area contributed by atoms with Crippen LogP contribution in [0.4, 0.5) is 10.6 Å². The monoisotopic (exact) mass is 563 g/mol. The molecule has 4 aromatic rings. The minimum absolute atomic E-state index is 0.0187. The zero-order valence-electron chi connectivity index (χ0n) is 23.3. The Morgan fingerprint density at radius 3 is 2.33 bits per heavy atom. The maximum atomic E-state index is 14.1. The highest BCUT2D eigenvalue weighted by molar-refractivity contribution is 7.90. The smallest absolute Gasteiger partial charge is 0.410 e. The molecule has 210 valence electrons. The Morgan fingerprint density at radius 2 is 1.73 bits per heavy atom. The first-order valence-corrected chi connectivity index (χ1v) is 14.8. The molecule has 11 nitrogen and oxygen atoms in total. The number of amides is 1. The van der Waals surface area contributed by atoms with Crippen LogP contribution < -0.4 is 4.90 Å². The van der Waals surface area contributed by atoms with Crippen molar-refractivity contribution in [3.05, 3.63) is 54.6 Å². The van der Waals surface area contributed by atoms with Crippen LogP contribution in [0.15, 0.2) is 53.9 Å². The van der Waals surface area contributed by atoms with E-state index in [-0.39, 0.29) is 23.1 Å². The molecule has 2 bridgehead atoms. The van der Waals surface area contributed by atoms with Gasteiger partial charge in [0, 0.05) is 31.9 Å². The van der Waals surface area contributed by atoms with Crippen molar-refractivity contribution in [2.45, 2.75) is 63.1 Å². The Bertz CT molecular complexity index is 1690. The molecule has 0 saturated carbocycles. The van der Waals surface area contributed by atoms with Gasteiger partial charge in [0.15, 0.2) is 5.65 Å². The standard InChI is InChI=1S/C28H33N7O4S/c1-18-6-10-22(11-7-18)40(37,38)35-24(19-13-31-32(5)14-19)12-23-25(29-17-30-26(23)35)33-15-20-8-9-21(16-33)34(20)27(36)39-28(2,3)4/h6-7,10-14,17,20-21H,8-9,15-16H2,1-5H3. The van der Waals surface area contributed by atoms with Crippen molar-refractivity contribution >= 4 is 33.0 Å². The number of fused-ring (bicyclic) bond motifs is 3. The lowest BCUT2D eigenvalue weighted by molar-refractivity contribution is 0.0123. The number of anilines is 1. The Balaban J connectivity index is 1.44. The quantitative estimate of drug-likeness (QED) is 0.366.